The third-order valence-electron chi connectivity index (χ3n) is 3.19. The second-order valence-electron chi connectivity index (χ2n) is 5.49. The van der Waals surface area contributed by atoms with Crippen molar-refractivity contribution in [1.29, 1.82) is 0 Å². The minimum atomic E-state index is -0.164. The van der Waals surface area contributed by atoms with Crippen molar-refractivity contribution in [2.45, 2.75) is 20.3 Å². The van der Waals surface area contributed by atoms with Crippen molar-refractivity contribution in [3.05, 3.63) is 58.6 Å². The minimum Gasteiger partial charge on any atom is -0.493 e. The van der Waals surface area contributed by atoms with Gasteiger partial charge in [0.05, 0.1) is 12.2 Å². The molecule has 0 atom stereocenters. The minimum absolute atomic E-state index is 0.164. The number of halogens is 1. The summed E-state index contributed by atoms with van der Waals surface area (Å²) < 4.78 is 6.73. The van der Waals surface area contributed by atoms with Gasteiger partial charge in [0, 0.05) is 10.2 Å². The number of benzene rings is 2. The van der Waals surface area contributed by atoms with Gasteiger partial charge in [-0.2, -0.15) is 0 Å². The molecule has 0 saturated heterocycles. The number of ether oxygens (including phenoxy) is 1. The predicted molar refractivity (Wildman–Crippen MR) is 93.5 cm³/mol. The van der Waals surface area contributed by atoms with Gasteiger partial charge in [0.1, 0.15) is 5.75 Å². The Bertz CT molecular complexity index is 623. The lowest BCUT2D eigenvalue weighted by molar-refractivity contribution is 0.102. The molecule has 0 aromatic heterocycles. The molecule has 0 bridgehead atoms. The number of hydrogen-bond acceptors (Lipinski definition) is 2. The number of nitrogens with one attached hydrogen (secondary N) is 1. The van der Waals surface area contributed by atoms with Gasteiger partial charge in [-0.3, -0.25) is 4.79 Å². The van der Waals surface area contributed by atoms with Gasteiger partial charge in [-0.25, -0.2) is 0 Å². The van der Waals surface area contributed by atoms with E-state index >= 15 is 0 Å². The van der Waals surface area contributed by atoms with Crippen LogP contribution in [0.4, 0.5) is 5.69 Å². The summed E-state index contributed by atoms with van der Waals surface area (Å²) in [5, 5.41) is 2.89. The molecule has 2 aromatic rings. The van der Waals surface area contributed by atoms with Gasteiger partial charge in [-0.1, -0.05) is 41.9 Å². The first-order valence-corrected chi connectivity index (χ1v) is 8.14. The molecular formula is C18H20BrNO2. The molecule has 0 saturated carbocycles. The molecule has 0 aliphatic carbocycles. The average molecular weight is 362 g/mol. The fraction of sp³-hybridized carbons (Fsp3) is 0.278. The largest absolute Gasteiger partial charge is 0.493 e. The molecule has 0 radical (unpaired) electrons. The van der Waals surface area contributed by atoms with Crippen LogP contribution in [-0.4, -0.2) is 12.5 Å². The van der Waals surface area contributed by atoms with E-state index in [2.05, 4.69) is 35.1 Å². The van der Waals surface area contributed by atoms with Crippen LogP contribution in [0, 0.1) is 5.92 Å². The number of anilines is 1. The lowest BCUT2D eigenvalue weighted by Gasteiger charge is -2.12. The SMILES string of the molecule is CC(C)CCOc1ccccc1C(=O)Nc1ccc(Br)cc1. The fourth-order valence-corrected chi connectivity index (χ4v) is 2.18. The number of para-hydroxylation sites is 1. The highest BCUT2D eigenvalue weighted by Gasteiger charge is 2.12. The maximum atomic E-state index is 12.4. The summed E-state index contributed by atoms with van der Waals surface area (Å²) in [5.74, 6) is 1.03. The maximum absolute atomic E-state index is 12.4. The van der Waals surface area contributed by atoms with E-state index < -0.39 is 0 Å². The Hall–Kier alpha value is -1.81. The summed E-state index contributed by atoms with van der Waals surface area (Å²) in [7, 11) is 0. The van der Waals surface area contributed by atoms with Gasteiger partial charge in [-0.05, 0) is 48.7 Å². The number of carbonyl (C=O) groups excluding carboxylic acids is 1. The Kier molecular flexibility index (Phi) is 6.01. The van der Waals surface area contributed by atoms with Crippen molar-refractivity contribution < 1.29 is 9.53 Å². The summed E-state index contributed by atoms with van der Waals surface area (Å²) in [6, 6.07) is 14.8. The zero-order valence-corrected chi connectivity index (χ0v) is 14.4. The van der Waals surface area contributed by atoms with Gasteiger partial charge < -0.3 is 10.1 Å². The number of carbonyl (C=O) groups is 1. The van der Waals surface area contributed by atoms with Gasteiger partial charge >= 0.3 is 0 Å². The molecule has 4 heteroatoms. The molecule has 116 valence electrons. The zero-order chi connectivity index (χ0) is 15.9. The van der Waals surface area contributed by atoms with E-state index in [1.807, 2.05) is 42.5 Å². The molecule has 0 heterocycles. The highest BCUT2D eigenvalue weighted by atomic mass is 79.9. The van der Waals surface area contributed by atoms with Crippen LogP contribution < -0.4 is 10.1 Å². The van der Waals surface area contributed by atoms with Crippen LogP contribution in [0.2, 0.25) is 0 Å². The lowest BCUT2D eigenvalue weighted by Crippen LogP contribution is -2.14. The number of hydrogen-bond donors (Lipinski definition) is 1. The first-order valence-electron chi connectivity index (χ1n) is 7.35. The summed E-state index contributed by atoms with van der Waals surface area (Å²) in [4.78, 5) is 12.4. The summed E-state index contributed by atoms with van der Waals surface area (Å²) in [6.45, 7) is 4.91. The smallest absolute Gasteiger partial charge is 0.259 e. The van der Waals surface area contributed by atoms with Crippen LogP contribution in [-0.2, 0) is 0 Å². The molecule has 0 spiro atoms. The van der Waals surface area contributed by atoms with Crippen molar-refractivity contribution in [2.75, 3.05) is 11.9 Å². The topological polar surface area (TPSA) is 38.3 Å². The first-order chi connectivity index (χ1) is 10.6. The van der Waals surface area contributed by atoms with E-state index in [1.165, 1.54) is 0 Å². The second-order valence-corrected chi connectivity index (χ2v) is 6.40. The Morgan fingerprint density at radius 1 is 1.14 bits per heavy atom. The molecular weight excluding hydrogens is 342 g/mol. The highest BCUT2D eigenvalue weighted by molar-refractivity contribution is 9.10. The summed E-state index contributed by atoms with van der Waals surface area (Å²) >= 11 is 3.38. The van der Waals surface area contributed by atoms with E-state index in [0.29, 0.717) is 23.8 Å². The molecule has 1 amide bonds. The molecule has 0 aliphatic heterocycles. The lowest BCUT2D eigenvalue weighted by atomic mass is 10.1. The summed E-state index contributed by atoms with van der Waals surface area (Å²) in [6.07, 6.45) is 0.961. The molecule has 3 nitrogen and oxygen atoms in total. The van der Waals surface area contributed by atoms with E-state index in [9.17, 15) is 4.79 Å². The van der Waals surface area contributed by atoms with Gasteiger partial charge in [0.15, 0.2) is 0 Å². The van der Waals surface area contributed by atoms with Crippen molar-refractivity contribution >= 4 is 27.5 Å². The molecule has 1 N–H and O–H groups in total. The third-order valence-corrected chi connectivity index (χ3v) is 3.72. The monoisotopic (exact) mass is 361 g/mol. The molecule has 0 unspecified atom stereocenters. The Balaban J connectivity index is 2.07. The first kappa shape index (κ1) is 16.6. The van der Waals surface area contributed by atoms with E-state index in [0.717, 1.165) is 16.6 Å². The normalized spacial score (nSPS) is 10.5. The fourth-order valence-electron chi connectivity index (χ4n) is 1.92. The summed E-state index contributed by atoms with van der Waals surface area (Å²) in [5.41, 5.74) is 1.30. The predicted octanol–water partition coefficient (Wildman–Crippen LogP) is 5.13. The molecule has 0 fully saturated rings. The average Bonchev–Trinajstić information content (AvgIpc) is 2.49. The van der Waals surface area contributed by atoms with Crippen LogP contribution in [0.25, 0.3) is 0 Å². The standard InChI is InChI=1S/C18H20BrNO2/c1-13(2)11-12-22-17-6-4-3-5-16(17)18(21)20-15-9-7-14(19)8-10-15/h3-10,13H,11-12H2,1-2H3,(H,20,21). The third kappa shape index (κ3) is 4.88. The van der Waals surface area contributed by atoms with Crippen LogP contribution in [0.15, 0.2) is 53.0 Å². The van der Waals surface area contributed by atoms with E-state index in [-0.39, 0.29) is 5.91 Å². The zero-order valence-electron chi connectivity index (χ0n) is 12.8. The molecule has 2 aromatic carbocycles. The number of rotatable bonds is 6. The van der Waals surface area contributed by atoms with Crippen LogP contribution >= 0.6 is 15.9 Å². The van der Waals surface area contributed by atoms with Crippen LogP contribution in [0.5, 0.6) is 5.75 Å². The van der Waals surface area contributed by atoms with Gasteiger partial charge in [0.25, 0.3) is 5.91 Å². The maximum Gasteiger partial charge on any atom is 0.259 e. The van der Waals surface area contributed by atoms with Crippen molar-refractivity contribution in [3.8, 4) is 5.75 Å². The van der Waals surface area contributed by atoms with Crippen molar-refractivity contribution in [3.63, 3.8) is 0 Å². The van der Waals surface area contributed by atoms with Crippen LogP contribution in [0.3, 0.4) is 0 Å². The van der Waals surface area contributed by atoms with E-state index in [4.69, 9.17) is 4.74 Å². The Labute approximate surface area is 139 Å². The van der Waals surface area contributed by atoms with E-state index in [1.54, 1.807) is 6.07 Å². The van der Waals surface area contributed by atoms with Crippen molar-refractivity contribution in [1.82, 2.24) is 0 Å². The number of amides is 1. The molecule has 0 aliphatic rings. The Morgan fingerprint density at radius 2 is 1.82 bits per heavy atom. The molecule has 22 heavy (non-hydrogen) atoms. The van der Waals surface area contributed by atoms with Crippen LogP contribution in [0.1, 0.15) is 30.6 Å². The quantitative estimate of drug-likeness (QED) is 0.774. The van der Waals surface area contributed by atoms with Gasteiger partial charge in [0.2, 0.25) is 0 Å². The van der Waals surface area contributed by atoms with Gasteiger partial charge in [-0.15, -0.1) is 0 Å². The Morgan fingerprint density at radius 3 is 2.50 bits per heavy atom. The molecule has 2 rings (SSSR count). The second kappa shape index (κ2) is 7.99. The van der Waals surface area contributed by atoms with Crippen molar-refractivity contribution in [2.24, 2.45) is 5.92 Å². The highest BCUT2D eigenvalue weighted by Crippen LogP contribution is 2.21.